The van der Waals surface area contributed by atoms with Gasteiger partial charge in [-0.15, -0.1) is 0 Å². The van der Waals surface area contributed by atoms with Gasteiger partial charge in [-0.25, -0.2) is 4.79 Å². The Balaban J connectivity index is 2.03. The predicted octanol–water partition coefficient (Wildman–Crippen LogP) is 1.58. The van der Waals surface area contributed by atoms with Gasteiger partial charge in [-0.1, -0.05) is 12.2 Å². The van der Waals surface area contributed by atoms with Crippen LogP contribution in [0.2, 0.25) is 0 Å². The summed E-state index contributed by atoms with van der Waals surface area (Å²) in [7, 11) is 0. The predicted molar refractivity (Wildman–Crippen MR) is 47.4 cm³/mol. The quantitative estimate of drug-likeness (QED) is 0.521. The second kappa shape index (κ2) is 2.58. The first-order valence-electron chi connectivity index (χ1n) is 4.63. The minimum atomic E-state index is -0.814. The van der Waals surface area contributed by atoms with E-state index >= 15 is 0 Å². The molecule has 0 radical (unpaired) electrons. The summed E-state index contributed by atoms with van der Waals surface area (Å²) in [5.74, 6) is -0.336. The lowest BCUT2D eigenvalue weighted by molar-refractivity contribution is -0.143. The average molecular weight is 182 g/mol. The molecule has 0 bridgehead atoms. The van der Waals surface area contributed by atoms with E-state index in [1.54, 1.807) is 0 Å². The van der Waals surface area contributed by atoms with Crippen molar-refractivity contribution >= 4 is 5.97 Å². The van der Waals surface area contributed by atoms with Crippen molar-refractivity contribution in [3.05, 3.63) is 12.2 Å². The topological polar surface area (TPSA) is 49.8 Å². The minimum Gasteiger partial charge on any atom is -0.479 e. The molecule has 1 aliphatic heterocycles. The maximum absolute atomic E-state index is 10.8. The van der Waals surface area contributed by atoms with Crippen LogP contribution in [-0.2, 0) is 9.53 Å². The van der Waals surface area contributed by atoms with Crippen molar-refractivity contribution in [1.82, 2.24) is 0 Å². The van der Waals surface area contributed by atoms with E-state index in [-0.39, 0.29) is 6.10 Å². The molecule has 2 fully saturated rings. The summed E-state index contributed by atoms with van der Waals surface area (Å²) < 4.78 is 5.27. The number of allylic oxidation sites excluding steroid dienone is 1. The number of aliphatic carboxylic acids is 1. The van der Waals surface area contributed by atoms with E-state index in [9.17, 15) is 4.79 Å². The Morgan fingerprint density at radius 1 is 1.69 bits per heavy atom. The van der Waals surface area contributed by atoms with Gasteiger partial charge < -0.3 is 9.84 Å². The van der Waals surface area contributed by atoms with Crippen molar-refractivity contribution in [2.75, 3.05) is 0 Å². The second-order valence-corrected chi connectivity index (χ2v) is 4.12. The van der Waals surface area contributed by atoms with E-state index in [1.165, 1.54) is 0 Å². The smallest absolute Gasteiger partial charge is 0.338 e. The first-order chi connectivity index (χ1) is 6.06. The lowest BCUT2D eigenvalue weighted by Gasteiger charge is -2.22. The zero-order chi connectivity index (χ0) is 9.64. The number of epoxide rings is 1. The molecule has 0 aromatic heterocycles. The molecule has 1 heterocycles. The van der Waals surface area contributed by atoms with Crippen molar-refractivity contribution in [3.8, 4) is 0 Å². The highest BCUT2D eigenvalue weighted by Gasteiger charge is 2.64. The van der Waals surface area contributed by atoms with Gasteiger partial charge in [0.25, 0.3) is 0 Å². The van der Waals surface area contributed by atoms with Crippen LogP contribution in [0.25, 0.3) is 0 Å². The summed E-state index contributed by atoms with van der Waals surface area (Å²) in [5.41, 5.74) is 0.334. The molecule has 3 heteroatoms. The summed E-state index contributed by atoms with van der Waals surface area (Å²) in [6.45, 7) is 5.90. The number of rotatable bonds is 2. The van der Waals surface area contributed by atoms with Crippen molar-refractivity contribution in [1.29, 1.82) is 0 Å². The van der Waals surface area contributed by atoms with Gasteiger partial charge in [-0.05, 0) is 32.1 Å². The van der Waals surface area contributed by atoms with Crippen LogP contribution in [0.3, 0.4) is 0 Å². The summed E-state index contributed by atoms with van der Waals surface area (Å²) >= 11 is 0. The van der Waals surface area contributed by atoms with Crippen molar-refractivity contribution in [2.24, 2.45) is 5.92 Å². The van der Waals surface area contributed by atoms with Crippen LogP contribution < -0.4 is 0 Å². The van der Waals surface area contributed by atoms with Gasteiger partial charge in [0.2, 0.25) is 0 Å². The summed E-state index contributed by atoms with van der Waals surface area (Å²) in [6.07, 6.45) is 2.32. The fraction of sp³-hybridized carbons (Fsp3) is 0.700. The van der Waals surface area contributed by atoms with Crippen molar-refractivity contribution in [2.45, 2.75) is 37.9 Å². The van der Waals surface area contributed by atoms with E-state index < -0.39 is 11.6 Å². The molecule has 0 aromatic rings. The summed E-state index contributed by atoms with van der Waals surface area (Å²) in [6, 6.07) is 0. The molecule has 72 valence electrons. The Kier molecular flexibility index (Phi) is 1.74. The molecular formula is C10H14O3. The number of ether oxygens (including phenoxy) is 1. The van der Waals surface area contributed by atoms with E-state index in [1.807, 2.05) is 6.92 Å². The monoisotopic (exact) mass is 182 g/mol. The van der Waals surface area contributed by atoms with E-state index in [2.05, 4.69) is 6.58 Å². The second-order valence-electron chi connectivity index (χ2n) is 4.12. The molecule has 0 spiro atoms. The molecule has 13 heavy (non-hydrogen) atoms. The largest absolute Gasteiger partial charge is 0.479 e. The van der Waals surface area contributed by atoms with Gasteiger partial charge in [0, 0.05) is 0 Å². The first-order valence-corrected chi connectivity index (χ1v) is 4.63. The SMILES string of the molecule is C=C(C)[C@H]1CC[C@]2(C(=O)O)OC2C1. The zero-order valence-electron chi connectivity index (χ0n) is 7.75. The highest BCUT2D eigenvalue weighted by Crippen LogP contribution is 2.50. The third-order valence-corrected chi connectivity index (χ3v) is 3.24. The zero-order valence-corrected chi connectivity index (χ0v) is 7.75. The van der Waals surface area contributed by atoms with E-state index in [0.29, 0.717) is 12.3 Å². The number of carbonyl (C=O) groups is 1. The molecule has 1 aliphatic carbocycles. The van der Waals surface area contributed by atoms with Crippen LogP contribution in [0, 0.1) is 5.92 Å². The molecule has 1 saturated carbocycles. The lowest BCUT2D eigenvalue weighted by Crippen LogP contribution is -2.32. The normalized spacial score (nSPS) is 42.2. The molecule has 1 unspecified atom stereocenters. The lowest BCUT2D eigenvalue weighted by atomic mass is 9.79. The Labute approximate surface area is 77.4 Å². The van der Waals surface area contributed by atoms with Gasteiger partial charge in [0.15, 0.2) is 5.60 Å². The van der Waals surface area contributed by atoms with Gasteiger partial charge in [0.1, 0.15) is 0 Å². The van der Waals surface area contributed by atoms with Crippen LogP contribution in [0.5, 0.6) is 0 Å². The number of hydrogen-bond donors (Lipinski definition) is 1. The standard InChI is InChI=1S/C10H14O3/c1-6(2)7-3-4-10(9(11)12)8(5-7)13-10/h7-8H,1,3-5H2,2H3,(H,11,12)/t7-,8?,10-/m0/s1. The molecule has 0 amide bonds. The average Bonchev–Trinajstić information content (AvgIpc) is 2.77. The Hall–Kier alpha value is -0.830. The van der Waals surface area contributed by atoms with Gasteiger partial charge in [-0.3, -0.25) is 0 Å². The summed E-state index contributed by atoms with van der Waals surface area (Å²) in [4.78, 5) is 10.8. The molecule has 3 atom stereocenters. The molecule has 0 aromatic carbocycles. The van der Waals surface area contributed by atoms with Gasteiger partial charge in [-0.2, -0.15) is 0 Å². The fourth-order valence-corrected chi connectivity index (χ4v) is 2.19. The molecule has 2 aliphatic rings. The van der Waals surface area contributed by atoms with Crippen LogP contribution in [0.15, 0.2) is 12.2 Å². The third-order valence-electron chi connectivity index (χ3n) is 3.24. The van der Waals surface area contributed by atoms with Gasteiger partial charge in [0.05, 0.1) is 6.10 Å². The molecule has 2 rings (SSSR count). The molecule has 3 nitrogen and oxygen atoms in total. The van der Waals surface area contributed by atoms with E-state index in [4.69, 9.17) is 9.84 Å². The molecular weight excluding hydrogens is 168 g/mol. The maximum Gasteiger partial charge on any atom is 0.338 e. The van der Waals surface area contributed by atoms with Crippen LogP contribution in [0.1, 0.15) is 26.2 Å². The number of hydrogen-bond acceptors (Lipinski definition) is 2. The Morgan fingerprint density at radius 3 is 2.85 bits per heavy atom. The van der Waals surface area contributed by atoms with E-state index in [0.717, 1.165) is 18.4 Å². The minimum absolute atomic E-state index is 0.0551. The number of fused-ring (bicyclic) bond motifs is 1. The highest BCUT2D eigenvalue weighted by molar-refractivity contribution is 5.81. The maximum atomic E-state index is 10.8. The van der Waals surface area contributed by atoms with Crippen LogP contribution in [0.4, 0.5) is 0 Å². The Bertz CT molecular complexity index is 271. The number of carboxylic acid groups (broad SMARTS) is 1. The molecule has 1 N–H and O–H groups in total. The Morgan fingerprint density at radius 2 is 2.38 bits per heavy atom. The third kappa shape index (κ3) is 1.18. The van der Waals surface area contributed by atoms with Crippen LogP contribution in [-0.4, -0.2) is 22.8 Å². The van der Waals surface area contributed by atoms with Crippen LogP contribution >= 0.6 is 0 Å². The summed E-state index contributed by atoms with van der Waals surface area (Å²) in [5, 5.41) is 8.92. The fourth-order valence-electron chi connectivity index (χ4n) is 2.19. The highest BCUT2D eigenvalue weighted by atomic mass is 16.6. The molecule has 1 saturated heterocycles. The van der Waals surface area contributed by atoms with Crippen molar-refractivity contribution in [3.63, 3.8) is 0 Å². The van der Waals surface area contributed by atoms with Crippen molar-refractivity contribution < 1.29 is 14.6 Å². The first kappa shape index (κ1) is 8.75. The number of carboxylic acids is 1. The van der Waals surface area contributed by atoms with Gasteiger partial charge >= 0.3 is 5.97 Å².